The summed E-state index contributed by atoms with van der Waals surface area (Å²) < 4.78 is 17.2. The molecular formula is C25H42O9. The van der Waals surface area contributed by atoms with Crippen LogP contribution in [-0.4, -0.2) is 87.9 Å². The smallest absolute Gasteiger partial charge is 0.338 e. The number of hydrogen-bond acceptors (Lipinski definition) is 9. The molecule has 8 atom stereocenters. The van der Waals surface area contributed by atoms with Crippen molar-refractivity contribution in [1.82, 2.24) is 0 Å². The third-order valence-corrected chi connectivity index (χ3v) is 7.04. The maximum absolute atomic E-state index is 12.7. The van der Waals surface area contributed by atoms with Crippen LogP contribution in [-0.2, 0) is 19.0 Å². The number of ether oxygens (including phenoxy) is 3. The molecule has 9 nitrogen and oxygen atoms in total. The summed E-state index contributed by atoms with van der Waals surface area (Å²) in [7, 11) is 1.50. The first kappa shape index (κ1) is 28.7. The van der Waals surface area contributed by atoms with Gasteiger partial charge < -0.3 is 39.7 Å². The summed E-state index contributed by atoms with van der Waals surface area (Å²) in [5, 5.41) is 52.0. The molecule has 0 aromatic carbocycles. The van der Waals surface area contributed by atoms with Gasteiger partial charge in [-0.15, -0.1) is 0 Å². The minimum Gasteiger partial charge on any atom is -0.494 e. The molecule has 0 aromatic heterocycles. The van der Waals surface area contributed by atoms with Gasteiger partial charge >= 0.3 is 5.97 Å². The molecule has 0 radical (unpaired) electrons. The number of aliphatic hydroxyl groups excluding tert-OH is 5. The highest BCUT2D eigenvalue weighted by Crippen LogP contribution is 2.39. The standard InChI is InChI=1S/C25H42O9/c1-6-15(13-26)7-14(2)20-11-17(32-5)12-21(29)25(3,4)22-9-16(27)8-18(33-22)10-19(28)23(30)24(31)34-20/h7,9,15-21,23,26-30H,6,8,10-13H2,1-5H3/t15-,16-,17-,18-,19-,20+,21+,23+/m1/s1. The lowest BCUT2D eigenvalue weighted by molar-refractivity contribution is -0.167. The van der Waals surface area contributed by atoms with Crippen molar-refractivity contribution >= 4 is 5.97 Å². The van der Waals surface area contributed by atoms with E-state index in [4.69, 9.17) is 14.2 Å². The van der Waals surface area contributed by atoms with Crippen molar-refractivity contribution in [3.63, 3.8) is 0 Å². The minimum atomic E-state index is -1.80. The minimum absolute atomic E-state index is 0.0567. The molecule has 0 spiro atoms. The highest BCUT2D eigenvalue weighted by Gasteiger charge is 2.41. The Morgan fingerprint density at radius 3 is 2.44 bits per heavy atom. The quantitative estimate of drug-likeness (QED) is 0.286. The Labute approximate surface area is 202 Å². The zero-order valence-electron chi connectivity index (χ0n) is 20.9. The topological polar surface area (TPSA) is 146 Å². The third-order valence-electron chi connectivity index (χ3n) is 7.04. The van der Waals surface area contributed by atoms with Gasteiger partial charge in [0, 0.05) is 50.7 Å². The van der Waals surface area contributed by atoms with Gasteiger partial charge in [0.2, 0.25) is 0 Å². The number of rotatable bonds is 5. The number of carbonyl (C=O) groups is 1. The molecule has 2 heterocycles. The second kappa shape index (κ2) is 12.5. The van der Waals surface area contributed by atoms with Crippen LogP contribution in [0.15, 0.2) is 23.5 Å². The molecule has 5 N–H and O–H groups in total. The summed E-state index contributed by atoms with van der Waals surface area (Å²) in [6.45, 7) is 7.26. The van der Waals surface area contributed by atoms with E-state index < -0.39 is 54.1 Å². The number of methoxy groups -OCH3 is 1. The first-order valence-corrected chi connectivity index (χ1v) is 12.1. The Morgan fingerprint density at radius 2 is 1.85 bits per heavy atom. The number of fused-ring (bicyclic) bond motifs is 2. The lowest BCUT2D eigenvalue weighted by Crippen LogP contribution is -2.44. The molecule has 2 rings (SSSR count). The van der Waals surface area contributed by atoms with Gasteiger partial charge in [0.1, 0.15) is 18.0 Å². The highest BCUT2D eigenvalue weighted by atomic mass is 16.6. The first-order valence-electron chi connectivity index (χ1n) is 12.1. The predicted molar refractivity (Wildman–Crippen MR) is 125 cm³/mol. The van der Waals surface area contributed by atoms with Gasteiger partial charge in [-0.2, -0.15) is 0 Å². The average molecular weight is 487 g/mol. The fourth-order valence-corrected chi connectivity index (χ4v) is 4.40. The van der Waals surface area contributed by atoms with Crippen LogP contribution in [0.1, 0.15) is 59.8 Å². The summed E-state index contributed by atoms with van der Waals surface area (Å²) in [4.78, 5) is 12.7. The van der Waals surface area contributed by atoms with Gasteiger partial charge in [-0.25, -0.2) is 4.79 Å². The summed E-state index contributed by atoms with van der Waals surface area (Å²) >= 11 is 0. The molecule has 2 bridgehead atoms. The van der Waals surface area contributed by atoms with Crippen molar-refractivity contribution in [2.45, 2.75) is 103 Å². The van der Waals surface area contributed by atoms with Crippen LogP contribution in [0.3, 0.4) is 0 Å². The Bertz CT molecular complexity index is 728. The monoisotopic (exact) mass is 486 g/mol. The number of hydrogen-bond donors (Lipinski definition) is 5. The summed E-state index contributed by atoms with van der Waals surface area (Å²) in [6, 6.07) is 0. The molecule has 0 amide bonds. The van der Waals surface area contributed by atoms with Gasteiger partial charge in [0.15, 0.2) is 6.10 Å². The number of esters is 1. The first-order chi connectivity index (χ1) is 15.9. The second-order valence-corrected chi connectivity index (χ2v) is 10.1. The van der Waals surface area contributed by atoms with E-state index >= 15 is 0 Å². The van der Waals surface area contributed by atoms with E-state index in [0.717, 1.165) is 0 Å². The molecule has 0 aromatic rings. The van der Waals surface area contributed by atoms with Gasteiger partial charge in [-0.3, -0.25) is 0 Å². The van der Waals surface area contributed by atoms with Crippen LogP contribution in [0.25, 0.3) is 0 Å². The molecule has 196 valence electrons. The van der Waals surface area contributed by atoms with Crippen molar-refractivity contribution in [2.75, 3.05) is 13.7 Å². The van der Waals surface area contributed by atoms with Gasteiger partial charge in [-0.1, -0.05) is 26.8 Å². The van der Waals surface area contributed by atoms with E-state index in [0.29, 0.717) is 17.8 Å². The van der Waals surface area contributed by atoms with Crippen molar-refractivity contribution in [1.29, 1.82) is 0 Å². The van der Waals surface area contributed by atoms with Crippen LogP contribution in [0.4, 0.5) is 0 Å². The van der Waals surface area contributed by atoms with E-state index in [2.05, 4.69) is 0 Å². The van der Waals surface area contributed by atoms with E-state index in [1.54, 1.807) is 26.8 Å². The van der Waals surface area contributed by atoms with E-state index in [-0.39, 0.29) is 38.2 Å². The van der Waals surface area contributed by atoms with Crippen LogP contribution in [0.2, 0.25) is 0 Å². The molecule has 0 unspecified atom stereocenters. The Balaban J connectivity index is 2.43. The lowest BCUT2D eigenvalue weighted by Gasteiger charge is -2.40. The zero-order valence-corrected chi connectivity index (χ0v) is 20.9. The fraction of sp³-hybridized carbons (Fsp3) is 0.800. The summed E-state index contributed by atoms with van der Waals surface area (Å²) in [5.74, 6) is -0.716. The van der Waals surface area contributed by atoms with Gasteiger partial charge in [0.25, 0.3) is 0 Å². The second-order valence-electron chi connectivity index (χ2n) is 10.1. The van der Waals surface area contributed by atoms with Crippen LogP contribution in [0.5, 0.6) is 0 Å². The molecule has 2 aliphatic heterocycles. The van der Waals surface area contributed by atoms with E-state index in [9.17, 15) is 30.3 Å². The van der Waals surface area contributed by atoms with Gasteiger partial charge in [-0.05, 0) is 25.0 Å². The lowest BCUT2D eigenvalue weighted by atomic mass is 9.79. The van der Waals surface area contributed by atoms with Crippen LogP contribution >= 0.6 is 0 Å². The van der Waals surface area contributed by atoms with Crippen molar-refractivity contribution in [2.24, 2.45) is 11.3 Å². The molecule has 1 saturated heterocycles. The Hall–Kier alpha value is -1.49. The SMILES string of the molecule is CC[C@H](C=C(C)[C@@H]1C[C@@H](OC)C[C@H](O)C(C)(C)C2=C[C@H](O)C[C@H](C[C@@H](O)[C@H](O)C(=O)O1)O2)CO. The molecule has 9 heteroatoms. The van der Waals surface area contributed by atoms with Crippen LogP contribution < -0.4 is 0 Å². The maximum Gasteiger partial charge on any atom is 0.338 e. The normalized spacial score (nSPS) is 36.5. The highest BCUT2D eigenvalue weighted by molar-refractivity contribution is 5.75. The summed E-state index contributed by atoms with van der Waals surface area (Å²) in [6.07, 6.45) is -2.41. The molecule has 1 fully saturated rings. The number of aliphatic hydroxyl groups is 5. The predicted octanol–water partition coefficient (Wildman–Crippen LogP) is 1.20. The third kappa shape index (κ3) is 7.26. The summed E-state index contributed by atoms with van der Waals surface area (Å²) in [5.41, 5.74) is -0.185. The van der Waals surface area contributed by atoms with Crippen molar-refractivity contribution < 1.29 is 44.5 Å². The maximum atomic E-state index is 12.7. The number of cyclic esters (lactones) is 1. The molecule has 2 aliphatic rings. The largest absolute Gasteiger partial charge is 0.494 e. The fourth-order valence-electron chi connectivity index (χ4n) is 4.40. The molecule has 34 heavy (non-hydrogen) atoms. The Kier molecular flexibility index (Phi) is 10.5. The van der Waals surface area contributed by atoms with Crippen LogP contribution in [0, 0.1) is 11.3 Å². The molecule has 0 aliphatic carbocycles. The Morgan fingerprint density at radius 1 is 1.18 bits per heavy atom. The van der Waals surface area contributed by atoms with Crippen molar-refractivity contribution in [3.8, 4) is 0 Å². The van der Waals surface area contributed by atoms with E-state index in [1.807, 2.05) is 13.0 Å². The van der Waals surface area contributed by atoms with Gasteiger partial charge in [0.05, 0.1) is 24.4 Å². The number of carbonyl (C=O) groups excluding carboxylic acids is 1. The molecular weight excluding hydrogens is 444 g/mol. The van der Waals surface area contributed by atoms with Crippen molar-refractivity contribution in [3.05, 3.63) is 23.5 Å². The average Bonchev–Trinajstić information content (AvgIpc) is 2.79. The van der Waals surface area contributed by atoms with E-state index in [1.165, 1.54) is 7.11 Å². The molecule has 0 saturated carbocycles. The zero-order chi connectivity index (χ0) is 25.6.